The Morgan fingerprint density at radius 2 is 1.90 bits per heavy atom. The highest BCUT2D eigenvalue weighted by Gasteiger charge is 2.30. The molecule has 0 bridgehead atoms. The van der Waals surface area contributed by atoms with Gasteiger partial charge in [-0.25, -0.2) is 0 Å². The van der Waals surface area contributed by atoms with Crippen molar-refractivity contribution in [2.45, 2.75) is 12.7 Å². The van der Waals surface area contributed by atoms with Gasteiger partial charge in [0.1, 0.15) is 5.75 Å². The highest BCUT2D eigenvalue weighted by molar-refractivity contribution is 9.10. The molecule has 6 heteroatoms. The number of methoxy groups -OCH3 is 1. The van der Waals surface area contributed by atoms with E-state index in [2.05, 4.69) is 21.2 Å². The Morgan fingerprint density at radius 1 is 1.14 bits per heavy atom. The van der Waals surface area contributed by atoms with Crippen LogP contribution >= 0.6 is 15.9 Å². The lowest BCUT2D eigenvalue weighted by Crippen LogP contribution is -2.06. The molecular weight excluding hydrogens is 347 g/mol. The normalized spacial score (nSPS) is 11.3. The van der Waals surface area contributed by atoms with Crippen LogP contribution in [0.15, 0.2) is 46.9 Å². The van der Waals surface area contributed by atoms with Gasteiger partial charge in [-0.2, -0.15) is 13.2 Å². The first-order valence-corrected chi connectivity index (χ1v) is 6.92. The van der Waals surface area contributed by atoms with Gasteiger partial charge in [0.15, 0.2) is 0 Å². The molecule has 0 unspecified atom stereocenters. The Kier molecular flexibility index (Phi) is 4.77. The summed E-state index contributed by atoms with van der Waals surface area (Å²) in [4.78, 5) is 0. The summed E-state index contributed by atoms with van der Waals surface area (Å²) in [5, 5.41) is 3.08. The molecular formula is C15H13BrF3NO. The van der Waals surface area contributed by atoms with Crippen LogP contribution in [0.4, 0.5) is 18.9 Å². The van der Waals surface area contributed by atoms with Crippen molar-refractivity contribution >= 4 is 21.6 Å². The van der Waals surface area contributed by atoms with Crippen LogP contribution in [0.25, 0.3) is 0 Å². The molecule has 1 N–H and O–H groups in total. The maximum absolute atomic E-state index is 12.6. The molecule has 0 spiro atoms. The Balaban J connectivity index is 2.11. The molecule has 0 heterocycles. The topological polar surface area (TPSA) is 21.3 Å². The molecule has 0 radical (unpaired) electrons. The molecule has 0 atom stereocenters. The van der Waals surface area contributed by atoms with Crippen molar-refractivity contribution in [3.63, 3.8) is 0 Å². The number of hydrogen-bond acceptors (Lipinski definition) is 2. The molecule has 0 fully saturated rings. The van der Waals surface area contributed by atoms with Gasteiger partial charge in [0.2, 0.25) is 0 Å². The molecule has 0 aliphatic carbocycles. The smallest absolute Gasteiger partial charge is 0.416 e. The summed E-state index contributed by atoms with van der Waals surface area (Å²) >= 11 is 3.35. The molecule has 112 valence electrons. The Bertz CT molecular complexity index is 629. The number of ether oxygens (including phenoxy) is 1. The number of nitrogens with one attached hydrogen (secondary N) is 1. The average Bonchev–Trinajstić information content (AvgIpc) is 2.44. The molecule has 0 saturated heterocycles. The minimum Gasteiger partial charge on any atom is -0.497 e. The first-order valence-electron chi connectivity index (χ1n) is 6.13. The fraction of sp³-hybridized carbons (Fsp3) is 0.200. The van der Waals surface area contributed by atoms with E-state index < -0.39 is 11.7 Å². The molecule has 0 amide bonds. The van der Waals surface area contributed by atoms with Crippen molar-refractivity contribution in [1.29, 1.82) is 0 Å². The van der Waals surface area contributed by atoms with Crippen LogP contribution in [0, 0.1) is 0 Å². The van der Waals surface area contributed by atoms with E-state index in [-0.39, 0.29) is 0 Å². The van der Waals surface area contributed by atoms with Gasteiger partial charge >= 0.3 is 6.18 Å². The lowest BCUT2D eigenvalue weighted by atomic mass is 10.1. The third-order valence-corrected chi connectivity index (χ3v) is 3.32. The number of anilines is 1. The van der Waals surface area contributed by atoms with Crippen LogP contribution in [-0.2, 0) is 12.7 Å². The predicted octanol–water partition coefficient (Wildman–Crippen LogP) is 5.09. The van der Waals surface area contributed by atoms with Gasteiger partial charge in [-0.15, -0.1) is 0 Å². The number of rotatable bonds is 4. The third kappa shape index (κ3) is 4.39. The van der Waals surface area contributed by atoms with Crippen LogP contribution < -0.4 is 10.1 Å². The molecule has 2 aromatic carbocycles. The van der Waals surface area contributed by atoms with Crippen LogP contribution in [0.1, 0.15) is 11.1 Å². The van der Waals surface area contributed by atoms with Gasteiger partial charge in [-0.05, 0) is 29.8 Å². The van der Waals surface area contributed by atoms with Crippen LogP contribution in [0.3, 0.4) is 0 Å². The highest BCUT2D eigenvalue weighted by Crippen LogP contribution is 2.30. The highest BCUT2D eigenvalue weighted by atomic mass is 79.9. The van der Waals surface area contributed by atoms with Gasteiger partial charge in [-0.3, -0.25) is 0 Å². The van der Waals surface area contributed by atoms with Crippen molar-refractivity contribution in [3.8, 4) is 5.75 Å². The molecule has 2 rings (SSSR count). The summed E-state index contributed by atoms with van der Waals surface area (Å²) in [6.45, 7) is 0.295. The summed E-state index contributed by atoms with van der Waals surface area (Å²) in [6.07, 6.45) is -4.32. The van der Waals surface area contributed by atoms with Crippen molar-refractivity contribution < 1.29 is 17.9 Å². The van der Waals surface area contributed by atoms with Crippen molar-refractivity contribution in [1.82, 2.24) is 0 Å². The van der Waals surface area contributed by atoms with E-state index in [1.807, 2.05) is 6.07 Å². The van der Waals surface area contributed by atoms with Crippen molar-refractivity contribution in [3.05, 3.63) is 58.1 Å². The summed E-state index contributed by atoms with van der Waals surface area (Å²) < 4.78 is 43.9. The van der Waals surface area contributed by atoms with Crippen LogP contribution in [0.2, 0.25) is 0 Å². The van der Waals surface area contributed by atoms with E-state index in [9.17, 15) is 13.2 Å². The number of alkyl halides is 3. The fourth-order valence-corrected chi connectivity index (χ4v) is 2.32. The number of benzene rings is 2. The molecule has 0 aliphatic heterocycles. The second-order valence-electron chi connectivity index (χ2n) is 4.43. The zero-order valence-corrected chi connectivity index (χ0v) is 12.8. The zero-order valence-electron chi connectivity index (χ0n) is 11.2. The standard InChI is InChI=1S/C15H13BrF3NO/c1-21-14-7-12(16)6-13(8-14)20-9-10-3-2-4-11(5-10)15(17,18)19/h2-8,20H,9H2,1H3. The van der Waals surface area contributed by atoms with Gasteiger partial charge in [0, 0.05) is 22.8 Å². The largest absolute Gasteiger partial charge is 0.497 e. The van der Waals surface area contributed by atoms with Crippen LogP contribution in [0.5, 0.6) is 5.75 Å². The number of halogens is 4. The summed E-state index contributed by atoms with van der Waals surface area (Å²) in [7, 11) is 1.55. The first-order chi connectivity index (χ1) is 9.88. The third-order valence-electron chi connectivity index (χ3n) is 2.86. The van der Waals surface area contributed by atoms with E-state index in [0.29, 0.717) is 17.9 Å². The lowest BCUT2D eigenvalue weighted by Gasteiger charge is -2.11. The predicted molar refractivity (Wildman–Crippen MR) is 79.5 cm³/mol. The second-order valence-corrected chi connectivity index (χ2v) is 5.35. The quantitative estimate of drug-likeness (QED) is 0.820. The summed E-state index contributed by atoms with van der Waals surface area (Å²) in [6, 6.07) is 10.7. The van der Waals surface area contributed by atoms with E-state index in [1.165, 1.54) is 6.07 Å². The van der Waals surface area contributed by atoms with E-state index in [4.69, 9.17) is 4.74 Å². The average molecular weight is 360 g/mol. The van der Waals surface area contributed by atoms with E-state index in [1.54, 1.807) is 25.3 Å². The zero-order chi connectivity index (χ0) is 15.5. The maximum Gasteiger partial charge on any atom is 0.416 e. The Hall–Kier alpha value is -1.69. The fourth-order valence-electron chi connectivity index (χ4n) is 1.84. The SMILES string of the molecule is COc1cc(Br)cc(NCc2cccc(C(F)(F)F)c2)c1. The van der Waals surface area contributed by atoms with Crippen molar-refractivity contribution in [2.75, 3.05) is 12.4 Å². The molecule has 0 saturated carbocycles. The minimum atomic E-state index is -4.32. The Labute approximate surface area is 129 Å². The van der Waals surface area contributed by atoms with E-state index >= 15 is 0 Å². The molecule has 2 aromatic rings. The van der Waals surface area contributed by atoms with Gasteiger partial charge in [-0.1, -0.05) is 28.1 Å². The Morgan fingerprint density at radius 3 is 2.57 bits per heavy atom. The van der Waals surface area contributed by atoms with Gasteiger partial charge in [0.05, 0.1) is 12.7 Å². The monoisotopic (exact) mass is 359 g/mol. The number of hydrogen-bond donors (Lipinski definition) is 1. The molecule has 21 heavy (non-hydrogen) atoms. The minimum absolute atomic E-state index is 0.295. The summed E-state index contributed by atoms with van der Waals surface area (Å²) in [5.74, 6) is 0.663. The van der Waals surface area contributed by atoms with Crippen LogP contribution in [-0.4, -0.2) is 7.11 Å². The molecule has 0 aliphatic rings. The molecule has 0 aromatic heterocycles. The first kappa shape index (κ1) is 15.7. The molecule has 2 nitrogen and oxygen atoms in total. The summed E-state index contributed by atoms with van der Waals surface area (Å²) in [5.41, 5.74) is 0.677. The van der Waals surface area contributed by atoms with E-state index in [0.717, 1.165) is 22.3 Å². The van der Waals surface area contributed by atoms with Crippen molar-refractivity contribution in [2.24, 2.45) is 0 Å². The lowest BCUT2D eigenvalue weighted by molar-refractivity contribution is -0.137. The van der Waals surface area contributed by atoms with Gasteiger partial charge in [0.25, 0.3) is 0 Å². The van der Waals surface area contributed by atoms with Gasteiger partial charge < -0.3 is 10.1 Å². The second kappa shape index (κ2) is 6.39. The maximum atomic E-state index is 12.6.